The normalized spacial score (nSPS) is 26.3. The summed E-state index contributed by atoms with van der Waals surface area (Å²) >= 11 is 0. The standard InChI is InChI=1S/C17H24N2O3/c1-11-9-19(10-12(2)22-11)13(3)17(21)18-16-8-6-5-7-15(16)14(4)20/h5-8,11-13H,9-10H2,1-4H3,(H,18,21)/p+1/t11-,12+,13-/m0/s1. The molecule has 1 aliphatic rings. The Morgan fingerprint density at radius 2 is 1.82 bits per heavy atom. The Morgan fingerprint density at radius 1 is 1.23 bits per heavy atom. The maximum atomic E-state index is 12.5. The molecule has 0 aliphatic carbocycles. The van der Waals surface area contributed by atoms with E-state index in [4.69, 9.17) is 4.74 Å². The van der Waals surface area contributed by atoms with Crippen LogP contribution in [0.1, 0.15) is 38.1 Å². The van der Waals surface area contributed by atoms with Crippen LogP contribution in [0.3, 0.4) is 0 Å². The van der Waals surface area contributed by atoms with Gasteiger partial charge in [-0.3, -0.25) is 9.59 Å². The van der Waals surface area contributed by atoms with Gasteiger partial charge >= 0.3 is 0 Å². The molecule has 22 heavy (non-hydrogen) atoms. The minimum absolute atomic E-state index is 0.0514. The van der Waals surface area contributed by atoms with Gasteiger partial charge in [0, 0.05) is 5.56 Å². The van der Waals surface area contributed by atoms with E-state index in [9.17, 15) is 9.59 Å². The van der Waals surface area contributed by atoms with E-state index in [0.29, 0.717) is 11.3 Å². The first-order chi connectivity index (χ1) is 10.4. The van der Waals surface area contributed by atoms with Gasteiger partial charge in [0.15, 0.2) is 11.8 Å². The van der Waals surface area contributed by atoms with Crippen LogP contribution in [0.25, 0.3) is 0 Å². The van der Waals surface area contributed by atoms with Gasteiger partial charge in [0.05, 0.1) is 5.69 Å². The lowest BCUT2D eigenvalue weighted by Gasteiger charge is -2.35. The van der Waals surface area contributed by atoms with Crippen molar-refractivity contribution < 1.29 is 19.2 Å². The number of benzene rings is 1. The smallest absolute Gasteiger partial charge is 0.282 e. The van der Waals surface area contributed by atoms with E-state index in [-0.39, 0.29) is 29.9 Å². The number of carbonyl (C=O) groups excluding carboxylic acids is 2. The Labute approximate surface area is 131 Å². The number of hydrogen-bond acceptors (Lipinski definition) is 3. The summed E-state index contributed by atoms with van der Waals surface area (Å²) in [7, 11) is 0. The maximum Gasteiger partial charge on any atom is 0.282 e. The minimum atomic E-state index is -0.186. The van der Waals surface area contributed by atoms with Crippen molar-refractivity contribution in [3.05, 3.63) is 29.8 Å². The zero-order valence-corrected chi connectivity index (χ0v) is 13.7. The highest BCUT2D eigenvalue weighted by atomic mass is 16.5. The van der Waals surface area contributed by atoms with E-state index in [1.807, 2.05) is 26.8 Å². The van der Waals surface area contributed by atoms with Crippen molar-refractivity contribution in [1.29, 1.82) is 0 Å². The lowest BCUT2D eigenvalue weighted by Crippen LogP contribution is -3.19. The minimum Gasteiger partial charge on any atom is -0.364 e. The Kier molecular flexibility index (Phi) is 5.32. The van der Waals surface area contributed by atoms with Gasteiger partial charge in [0.25, 0.3) is 5.91 Å². The summed E-state index contributed by atoms with van der Waals surface area (Å²) in [5.74, 6) is -0.116. The van der Waals surface area contributed by atoms with Crippen molar-refractivity contribution in [2.75, 3.05) is 18.4 Å². The van der Waals surface area contributed by atoms with Gasteiger partial charge in [-0.15, -0.1) is 0 Å². The van der Waals surface area contributed by atoms with E-state index in [1.165, 1.54) is 11.8 Å². The molecule has 0 saturated carbocycles. The van der Waals surface area contributed by atoms with E-state index < -0.39 is 0 Å². The number of quaternary nitrogens is 1. The molecule has 1 amide bonds. The summed E-state index contributed by atoms with van der Waals surface area (Å²) in [4.78, 5) is 25.4. The zero-order valence-electron chi connectivity index (χ0n) is 13.7. The first-order valence-electron chi connectivity index (χ1n) is 7.79. The average molecular weight is 305 g/mol. The maximum absolute atomic E-state index is 12.5. The van der Waals surface area contributed by atoms with Crippen LogP contribution in [0.5, 0.6) is 0 Å². The molecular weight excluding hydrogens is 280 g/mol. The average Bonchev–Trinajstić information content (AvgIpc) is 2.45. The van der Waals surface area contributed by atoms with Gasteiger partial charge in [0.2, 0.25) is 0 Å². The first kappa shape index (κ1) is 16.6. The number of amides is 1. The molecule has 1 unspecified atom stereocenters. The van der Waals surface area contributed by atoms with Crippen LogP contribution >= 0.6 is 0 Å². The molecule has 120 valence electrons. The van der Waals surface area contributed by atoms with Crippen LogP contribution in [0.2, 0.25) is 0 Å². The summed E-state index contributed by atoms with van der Waals surface area (Å²) in [5.41, 5.74) is 1.13. The fourth-order valence-corrected chi connectivity index (χ4v) is 2.99. The second-order valence-corrected chi connectivity index (χ2v) is 6.14. The molecule has 0 radical (unpaired) electrons. The van der Waals surface area contributed by atoms with Crippen molar-refractivity contribution in [3.8, 4) is 0 Å². The number of ether oxygens (including phenoxy) is 1. The van der Waals surface area contributed by atoms with Crippen molar-refractivity contribution in [1.82, 2.24) is 0 Å². The fraction of sp³-hybridized carbons (Fsp3) is 0.529. The SMILES string of the molecule is CC(=O)c1ccccc1NC(=O)[C@H](C)[NH+]1C[C@@H](C)O[C@@H](C)C1. The predicted octanol–water partition coefficient (Wildman–Crippen LogP) is 0.908. The molecule has 1 saturated heterocycles. The molecule has 5 nitrogen and oxygen atoms in total. The van der Waals surface area contributed by atoms with Gasteiger partial charge in [0.1, 0.15) is 25.3 Å². The summed E-state index contributed by atoms with van der Waals surface area (Å²) in [6, 6.07) is 6.93. The Balaban J connectivity index is 2.07. The molecule has 0 aromatic heterocycles. The molecule has 1 aliphatic heterocycles. The summed E-state index contributed by atoms with van der Waals surface area (Å²) < 4.78 is 5.72. The third-order valence-electron chi connectivity index (χ3n) is 4.13. The van der Waals surface area contributed by atoms with Crippen LogP contribution in [0, 0.1) is 0 Å². The number of morpholine rings is 1. The second kappa shape index (κ2) is 7.03. The van der Waals surface area contributed by atoms with E-state index in [1.54, 1.807) is 18.2 Å². The number of rotatable bonds is 4. The highest BCUT2D eigenvalue weighted by Crippen LogP contribution is 2.15. The third-order valence-corrected chi connectivity index (χ3v) is 4.13. The van der Waals surface area contributed by atoms with E-state index in [2.05, 4.69) is 5.32 Å². The molecule has 0 bridgehead atoms. The number of Topliss-reactive ketones (excluding diaryl/α,β-unsaturated/α-hetero) is 1. The molecule has 2 N–H and O–H groups in total. The van der Waals surface area contributed by atoms with Crippen LogP contribution in [-0.4, -0.2) is 43.0 Å². The largest absolute Gasteiger partial charge is 0.364 e. The number of anilines is 1. The predicted molar refractivity (Wildman–Crippen MR) is 85.2 cm³/mol. The van der Waals surface area contributed by atoms with Crippen molar-refractivity contribution in [2.45, 2.75) is 45.9 Å². The summed E-state index contributed by atoms with van der Waals surface area (Å²) in [5, 5.41) is 2.90. The van der Waals surface area contributed by atoms with E-state index in [0.717, 1.165) is 13.1 Å². The molecule has 1 fully saturated rings. The number of carbonyl (C=O) groups is 2. The van der Waals surface area contributed by atoms with Gasteiger partial charge in [-0.05, 0) is 39.8 Å². The van der Waals surface area contributed by atoms with Crippen molar-refractivity contribution >= 4 is 17.4 Å². The van der Waals surface area contributed by atoms with Crippen LogP contribution in [0.4, 0.5) is 5.69 Å². The number of para-hydroxylation sites is 1. The lowest BCUT2D eigenvalue weighted by atomic mass is 10.1. The van der Waals surface area contributed by atoms with Gasteiger partial charge in [-0.25, -0.2) is 0 Å². The quantitative estimate of drug-likeness (QED) is 0.813. The van der Waals surface area contributed by atoms with Crippen molar-refractivity contribution in [3.63, 3.8) is 0 Å². The highest BCUT2D eigenvalue weighted by molar-refractivity contribution is 6.04. The zero-order chi connectivity index (χ0) is 16.3. The number of ketones is 1. The molecular formula is C17H25N2O3+. The molecule has 1 aromatic carbocycles. The van der Waals surface area contributed by atoms with E-state index >= 15 is 0 Å². The third kappa shape index (κ3) is 3.93. The molecule has 2 rings (SSSR count). The Morgan fingerprint density at radius 3 is 2.41 bits per heavy atom. The van der Waals surface area contributed by atoms with Crippen LogP contribution in [-0.2, 0) is 9.53 Å². The number of hydrogen-bond donors (Lipinski definition) is 2. The Bertz CT molecular complexity index is 549. The van der Waals surface area contributed by atoms with Crippen LogP contribution < -0.4 is 10.2 Å². The van der Waals surface area contributed by atoms with Gasteiger partial charge in [-0.1, -0.05) is 12.1 Å². The monoisotopic (exact) mass is 305 g/mol. The highest BCUT2D eigenvalue weighted by Gasteiger charge is 2.33. The Hall–Kier alpha value is -1.72. The number of nitrogens with one attached hydrogen (secondary N) is 2. The van der Waals surface area contributed by atoms with Gasteiger partial charge < -0.3 is 15.0 Å². The lowest BCUT2D eigenvalue weighted by molar-refractivity contribution is -0.928. The summed E-state index contributed by atoms with van der Waals surface area (Å²) in [6.07, 6.45) is 0.303. The molecule has 1 aromatic rings. The van der Waals surface area contributed by atoms with Crippen LogP contribution in [0.15, 0.2) is 24.3 Å². The van der Waals surface area contributed by atoms with Gasteiger partial charge in [-0.2, -0.15) is 0 Å². The second-order valence-electron chi connectivity index (χ2n) is 6.14. The van der Waals surface area contributed by atoms with Crippen molar-refractivity contribution in [2.24, 2.45) is 0 Å². The fourth-order valence-electron chi connectivity index (χ4n) is 2.99. The molecule has 1 heterocycles. The summed E-state index contributed by atoms with van der Waals surface area (Å²) in [6.45, 7) is 9.12. The molecule has 4 atom stereocenters. The molecule has 0 spiro atoms. The first-order valence-corrected chi connectivity index (χ1v) is 7.79. The molecule has 5 heteroatoms. The topological polar surface area (TPSA) is 59.8 Å².